The first-order valence-corrected chi connectivity index (χ1v) is 9.11. The number of rotatable bonds is 6. The Morgan fingerprint density at radius 2 is 1.61 bits per heavy atom. The molecule has 3 rings (SSSR count). The number of nitro groups is 1. The molecule has 1 fully saturated rings. The molecule has 1 N–H and O–H groups in total. The van der Waals surface area contributed by atoms with E-state index in [1.165, 1.54) is 12.1 Å². The number of benzene rings is 2. The molecule has 0 unspecified atom stereocenters. The van der Waals surface area contributed by atoms with Gasteiger partial charge in [0.25, 0.3) is 5.69 Å². The molecule has 1 saturated heterocycles. The summed E-state index contributed by atoms with van der Waals surface area (Å²) in [5, 5.41) is 13.4. The number of carbonyl (C=O) groups is 2. The molecule has 1 aliphatic heterocycles. The lowest BCUT2D eigenvalue weighted by Crippen LogP contribution is -2.51. The summed E-state index contributed by atoms with van der Waals surface area (Å²) >= 11 is 0. The number of non-ortho nitro benzene ring substituents is 1. The number of carbonyl (C=O) groups excluding carboxylic acids is 2. The second-order valence-corrected chi connectivity index (χ2v) is 6.58. The van der Waals surface area contributed by atoms with Crippen LogP contribution in [0.1, 0.15) is 5.56 Å². The quantitative estimate of drug-likeness (QED) is 0.605. The van der Waals surface area contributed by atoms with Gasteiger partial charge in [-0.05, 0) is 17.7 Å². The van der Waals surface area contributed by atoms with Crippen LogP contribution in [0.5, 0.6) is 0 Å². The molecule has 0 radical (unpaired) electrons. The van der Waals surface area contributed by atoms with Crippen molar-refractivity contribution in [3.8, 4) is 0 Å². The van der Waals surface area contributed by atoms with Gasteiger partial charge in [-0.3, -0.25) is 19.7 Å². The van der Waals surface area contributed by atoms with Crippen LogP contribution in [0, 0.1) is 10.1 Å². The van der Waals surface area contributed by atoms with Crippen molar-refractivity contribution in [2.75, 3.05) is 37.6 Å². The molecular formula is C20H22N4O4. The summed E-state index contributed by atoms with van der Waals surface area (Å²) in [5.74, 6) is -0.283. The summed E-state index contributed by atoms with van der Waals surface area (Å²) in [5.41, 5.74) is 1.86. The highest BCUT2D eigenvalue weighted by atomic mass is 16.6. The highest BCUT2D eigenvalue weighted by molar-refractivity contribution is 5.85. The first-order valence-electron chi connectivity index (χ1n) is 9.11. The predicted octanol–water partition coefficient (Wildman–Crippen LogP) is 1.60. The number of hydrogen-bond donors (Lipinski definition) is 1. The molecule has 2 amide bonds. The van der Waals surface area contributed by atoms with Crippen LogP contribution in [-0.4, -0.2) is 54.4 Å². The van der Waals surface area contributed by atoms with Gasteiger partial charge in [0.1, 0.15) is 0 Å². The van der Waals surface area contributed by atoms with Gasteiger partial charge in [-0.25, -0.2) is 0 Å². The Morgan fingerprint density at radius 3 is 2.21 bits per heavy atom. The number of nitrogens with one attached hydrogen (secondary N) is 1. The van der Waals surface area contributed by atoms with Crippen LogP contribution >= 0.6 is 0 Å². The van der Waals surface area contributed by atoms with E-state index >= 15 is 0 Å². The van der Waals surface area contributed by atoms with E-state index in [9.17, 15) is 19.7 Å². The summed E-state index contributed by atoms with van der Waals surface area (Å²) in [6, 6.07) is 15.8. The maximum Gasteiger partial charge on any atom is 0.269 e. The fourth-order valence-electron chi connectivity index (χ4n) is 3.13. The Bertz CT molecular complexity index is 831. The minimum absolute atomic E-state index is 0.0107. The lowest BCUT2D eigenvalue weighted by molar-refractivity contribution is -0.384. The Morgan fingerprint density at radius 1 is 0.964 bits per heavy atom. The van der Waals surface area contributed by atoms with Crippen molar-refractivity contribution < 1.29 is 14.5 Å². The molecule has 0 bridgehead atoms. The molecule has 2 aromatic rings. The third-order valence-corrected chi connectivity index (χ3v) is 4.70. The minimum atomic E-state index is -0.424. The van der Waals surface area contributed by atoms with E-state index < -0.39 is 4.92 Å². The van der Waals surface area contributed by atoms with Crippen molar-refractivity contribution in [2.45, 2.75) is 6.42 Å². The van der Waals surface area contributed by atoms with Gasteiger partial charge in [-0.15, -0.1) is 0 Å². The lowest BCUT2D eigenvalue weighted by Gasteiger charge is -2.36. The summed E-state index contributed by atoms with van der Waals surface area (Å²) in [6.45, 7) is 2.36. The molecule has 8 heteroatoms. The zero-order valence-corrected chi connectivity index (χ0v) is 15.4. The van der Waals surface area contributed by atoms with Crippen LogP contribution in [0.15, 0.2) is 54.6 Å². The van der Waals surface area contributed by atoms with Crippen LogP contribution < -0.4 is 10.2 Å². The molecule has 2 aromatic carbocycles. The van der Waals surface area contributed by atoms with Crippen molar-refractivity contribution in [3.05, 3.63) is 70.3 Å². The SMILES string of the molecule is O=C(Cc1ccccc1)NCC(=O)N1CCN(c2ccc([N+](=O)[O-])cc2)CC1. The maximum absolute atomic E-state index is 12.3. The number of nitro benzene ring substituents is 1. The zero-order chi connectivity index (χ0) is 19.9. The lowest BCUT2D eigenvalue weighted by atomic mass is 10.1. The number of anilines is 1. The Kier molecular flexibility index (Phi) is 6.21. The van der Waals surface area contributed by atoms with Crippen molar-refractivity contribution in [1.82, 2.24) is 10.2 Å². The second kappa shape index (κ2) is 8.98. The van der Waals surface area contributed by atoms with Crippen LogP contribution in [-0.2, 0) is 16.0 Å². The van der Waals surface area contributed by atoms with Crippen molar-refractivity contribution in [1.29, 1.82) is 0 Å². The monoisotopic (exact) mass is 382 g/mol. The molecule has 8 nitrogen and oxygen atoms in total. The van der Waals surface area contributed by atoms with Gasteiger partial charge >= 0.3 is 0 Å². The van der Waals surface area contributed by atoms with E-state index in [1.807, 2.05) is 30.3 Å². The van der Waals surface area contributed by atoms with E-state index in [-0.39, 0.29) is 30.5 Å². The molecule has 1 aliphatic rings. The third kappa shape index (κ3) is 5.06. The van der Waals surface area contributed by atoms with Gasteiger partial charge < -0.3 is 15.1 Å². The molecular weight excluding hydrogens is 360 g/mol. The first-order chi connectivity index (χ1) is 13.5. The second-order valence-electron chi connectivity index (χ2n) is 6.58. The normalized spacial score (nSPS) is 13.9. The molecule has 0 aliphatic carbocycles. The zero-order valence-electron chi connectivity index (χ0n) is 15.4. The maximum atomic E-state index is 12.3. The molecule has 146 valence electrons. The number of amides is 2. The van der Waals surface area contributed by atoms with Crippen LogP contribution in [0.25, 0.3) is 0 Å². The number of nitrogens with zero attached hydrogens (tertiary/aromatic N) is 3. The molecule has 0 aromatic heterocycles. The largest absolute Gasteiger partial charge is 0.368 e. The fourth-order valence-corrected chi connectivity index (χ4v) is 3.13. The topological polar surface area (TPSA) is 95.8 Å². The highest BCUT2D eigenvalue weighted by Gasteiger charge is 2.22. The number of hydrogen-bond acceptors (Lipinski definition) is 5. The van der Waals surface area contributed by atoms with Crippen LogP contribution in [0.2, 0.25) is 0 Å². The summed E-state index contributed by atoms with van der Waals surface area (Å²) in [7, 11) is 0. The summed E-state index contributed by atoms with van der Waals surface area (Å²) < 4.78 is 0. The van der Waals surface area contributed by atoms with E-state index in [2.05, 4.69) is 10.2 Å². The average Bonchev–Trinajstić information content (AvgIpc) is 2.73. The van der Waals surface area contributed by atoms with E-state index in [1.54, 1.807) is 17.0 Å². The van der Waals surface area contributed by atoms with Gasteiger partial charge in [0, 0.05) is 44.0 Å². The molecule has 1 heterocycles. The minimum Gasteiger partial charge on any atom is -0.368 e. The van der Waals surface area contributed by atoms with Crippen molar-refractivity contribution >= 4 is 23.2 Å². The van der Waals surface area contributed by atoms with Crippen molar-refractivity contribution in [2.24, 2.45) is 0 Å². The Hall–Kier alpha value is -3.42. The molecule has 0 spiro atoms. The molecule has 0 saturated carbocycles. The van der Waals surface area contributed by atoms with E-state index in [0.717, 1.165) is 11.3 Å². The van der Waals surface area contributed by atoms with E-state index in [4.69, 9.17) is 0 Å². The van der Waals surface area contributed by atoms with Crippen molar-refractivity contribution in [3.63, 3.8) is 0 Å². The van der Waals surface area contributed by atoms with Gasteiger partial charge in [0.15, 0.2) is 0 Å². The highest BCUT2D eigenvalue weighted by Crippen LogP contribution is 2.20. The standard InChI is InChI=1S/C20H22N4O4/c25-19(14-16-4-2-1-3-5-16)21-15-20(26)23-12-10-22(11-13-23)17-6-8-18(9-7-17)24(27)28/h1-9H,10-15H2,(H,21,25). The van der Waals surface area contributed by atoms with Gasteiger partial charge in [0.05, 0.1) is 17.9 Å². The average molecular weight is 382 g/mol. The molecule has 28 heavy (non-hydrogen) atoms. The Labute approximate surface area is 162 Å². The van der Waals surface area contributed by atoms with E-state index in [0.29, 0.717) is 26.2 Å². The molecule has 0 atom stereocenters. The predicted molar refractivity (Wildman–Crippen MR) is 105 cm³/mol. The third-order valence-electron chi connectivity index (χ3n) is 4.70. The van der Waals surface area contributed by atoms with Crippen LogP contribution in [0.3, 0.4) is 0 Å². The Balaban J connectivity index is 1.43. The first kappa shape index (κ1) is 19.3. The van der Waals surface area contributed by atoms with Gasteiger partial charge in [-0.1, -0.05) is 30.3 Å². The summed E-state index contributed by atoms with van der Waals surface area (Å²) in [4.78, 5) is 38.4. The smallest absolute Gasteiger partial charge is 0.269 e. The number of piperazine rings is 1. The fraction of sp³-hybridized carbons (Fsp3) is 0.300. The van der Waals surface area contributed by atoms with Crippen LogP contribution in [0.4, 0.5) is 11.4 Å². The van der Waals surface area contributed by atoms with Gasteiger partial charge in [0.2, 0.25) is 11.8 Å². The summed E-state index contributed by atoms with van der Waals surface area (Å²) in [6.07, 6.45) is 0.252. The van der Waals surface area contributed by atoms with Gasteiger partial charge in [-0.2, -0.15) is 0 Å².